The molecular formula is C26H25N3O3. The van der Waals surface area contributed by atoms with E-state index in [1.165, 1.54) is 11.1 Å². The van der Waals surface area contributed by atoms with Crippen LogP contribution in [-0.4, -0.2) is 34.4 Å². The van der Waals surface area contributed by atoms with Gasteiger partial charge in [-0.2, -0.15) is 5.10 Å². The molecule has 5 rings (SSSR count). The van der Waals surface area contributed by atoms with Crippen LogP contribution in [0.25, 0.3) is 22.0 Å². The lowest BCUT2D eigenvalue weighted by Crippen LogP contribution is -2.18. The fraction of sp³-hybridized carbons (Fsp3) is 0.231. The molecule has 0 unspecified atom stereocenters. The summed E-state index contributed by atoms with van der Waals surface area (Å²) in [6.45, 7) is 0. The summed E-state index contributed by atoms with van der Waals surface area (Å²) in [6.07, 6.45) is 4.16. The van der Waals surface area contributed by atoms with Crippen LogP contribution in [0.4, 0.5) is 5.69 Å². The van der Waals surface area contributed by atoms with Gasteiger partial charge in [-0.25, -0.2) is 0 Å². The number of rotatable bonds is 7. The number of hydrogen-bond acceptors (Lipinski definition) is 4. The van der Waals surface area contributed by atoms with Crippen LogP contribution < -0.4 is 10.1 Å². The number of aliphatic carboxylic acids is 1. The number of nitrogens with one attached hydrogen (secondary N) is 2. The van der Waals surface area contributed by atoms with E-state index in [1.807, 2.05) is 25.2 Å². The van der Waals surface area contributed by atoms with Gasteiger partial charge in [-0.1, -0.05) is 30.3 Å². The molecule has 0 atom stereocenters. The van der Waals surface area contributed by atoms with Crippen LogP contribution in [0.15, 0.2) is 60.8 Å². The maximum Gasteiger partial charge on any atom is 0.303 e. The zero-order chi connectivity index (χ0) is 22.1. The standard InChI is InChI=1S/C26H25N3O3/c1-27-24-11-16(6-9-25(30)31)10-22(19-7-8-23-20(12-19)15-28-29-23)26(24)32-21-13-17-4-2-3-5-18(17)14-21/h2-5,7-8,10-12,15,21,27H,6,9,13-14H2,1H3,(H,28,29)(H,30,31). The van der Waals surface area contributed by atoms with Gasteiger partial charge < -0.3 is 15.2 Å². The minimum Gasteiger partial charge on any atom is -0.487 e. The third-order valence-electron chi connectivity index (χ3n) is 6.09. The molecule has 3 aromatic carbocycles. The molecule has 0 bridgehead atoms. The van der Waals surface area contributed by atoms with Crippen molar-refractivity contribution in [1.29, 1.82) is 0 Å². The van der Waals surface area contributed by atoms with Gasteiger partial charge in [-0.05, 0) is 52.9 Å². The van der Waals surface area contributed by atoms with E-state index in [1.54, 1.807) is 6.20 Å². The number of fused-ring (bicyclic) bond motifs is 2. The highest BCUT2D eigenvalue weighted by atomic mass is 16.5. The van der Waals surface area contributed by atoms with Crippen molar-refractivity contribution in [2.75, 3.05) is 12.4 Å². The van der Waals surface area contributed by atoms with Crippen molar-refractivity contribution in [2.24, 2.45) is 0 Å². The lowest BCUT2D eigenvalue weighted by molar-refractivity contribution is -0.136. The van der Waals surface area contributed by atoms with Crippen LogP contribution in [-0.2, 0) is 24.1 Å². The molecule has 0 radical (unpaired) electrons. The van der Waals surface area contributed by atoms with Crippen LogP contribution in [0.3, 0.4) is 0 Å². The number of aromatic amines is 1. The lowest BCUT2D eigenvalue weighted by Gasteiger charge is -2.21. The normalized spacial score (nSPS) is 13.3. The number of carboxylic acid groups (broad SMARTS) is 1. The minimum atomic E-state index is -0.804. The molecule has 0 amide bonds. The predicted molar refractivity (Wildman–Crippen MR) is 125 cm³/mol. The monoisotopic (exact) mass is 427 g/mol. The maximum atomic E-state index is 11.2. The van der Waals surface area contributed by atoms with Crippen molar-refractivity contribution < 1.29 is 14.6 Å². The van der Waals surface area contributed by atoms with E-state index in [0.29, 0.717) is 6.42 Å². The Kier molecular flexibility index (Phi) is 5.27. The van der Waals surface area contributed by atoms with Gasteiger partial charge in [0, 0.05) is 37.3 Å². The summed E-state index contributed by atoms with van der Waals surface area (Å²) in [5.41, 5.74) is 7.44. The summed E-state index contributed by atoms with van der Waals surface area (Å²) in [6, 6.07) is 18.7. The van der Waals surface area contributed by atoms with Gasteiger partial charge in [0.2, 0.25) is 0 Å². The lowest BCUT2D eigenvalue weighted by atomic mass is 9.97. The zero-order valence-electron chi connectivity index (χ0n) is 17.9. The van der Waals surface area contributed by atoms with Crippen molar-refractivity contribution in [1.82, 2.24) is 10.2 Å². The van der Waals surface area contributed by atoms with Crippen molar-refractivity contribution in [2.45, 2.75) is 31.8 Å². The van der Waals surface area contributed by atoms with E-state index in [0.717, 1.165) is 51.9 Å². The summed E-state index contributed by atoms with van der Waals surface area (Å²) in [5, 5.41) is 20.6. The molecule has 3 N–H and O–H groups in total. The molecule has 4 aromatic rings. The van der Waals surface area contributed by atoms with Gasteiger partial charge in [-0.3, -0.25) is 9.89 Å². The molecule has 1 aromatic heterocycles. The van der Waals surface area contributed by atoms with E-state index in [2.05, 4.69) is 51.9 Å². The van der Waals surface area contributed by atoms with Crippen molar-refractivity contribution in [3.8, 4) is 16.9 Å². The van der Waals surface area contributed by atoms with Crippen LogP contribution >= 0.6 is 0 Å². The Balaban J connectivity index is 1.56. The number of nitrogens with zero attached hydrogens (tertiary/aromatic N) is 1. The van der Waals surface area contributed by atoms with E-state index < -0.39 is 5.97 Å². The van der Waals surface area contributed by atoms with Crippen LogP contribution in [0.5, 0.6) is 5.75 Å². The van der Waals surface area contributed by atoms with Gasteiger partial charge in [0.25, 0.3) is 0 Å². The molecular weight excluding hydrogens is 402 g/mol. The topological polar surface area (TPSA) is 87.2 Å². The molecule has 162 valence electrons. The molecule has 0 saturated heterocycles. The maximum absolute atomic E-state index is 11.2. The fourth-order valence-corrected chi connectivity index (χ4v) is 4.49. The predicted octanol–water partition coefficient (Wildman–Crippen LogP) is 4.84. The summed E-state index contributed by atoms with van der Waals surface area (Å²) >= 11 is 0. The fourth-order valence-electron chi connectivity index (χ4n) is 4.49. The smallest absolute Gasteiger partial charge is 0.303 e. The first kappa shape index (κ1) is 20.1. The number of benzene rings is 3. The Morgan fingerprint density at radius 3 is 2.66 bits per heavy atom. The number of ether oxygens (including phenoxy) is 1. The number of aromatic nitrogens is 2. The molecule has 6 nitrogen and oxygen atoms in total. The van der Waals surface area contributed by atoms with Crippen molar-refractivity contribution >= 4 is 22.6 Å². The summed E-state index contributed by atoms with van der Waals surface area (Å²) in [5.74, 6) is -0.00588. The average molecular weight is 428 g/mol. The molecule has 0 fully saturated rings. The van der Waals surface area contributed by atoms with Crippen LogP contribution in [0, 0.1) is 0 Å². The number of carboxylic acids is 1. The highest BCUT2D eigenvalue weighted by Gasteiger charge is 2.25. The van der Waals surface area contributed by atoms with Crippen molar-refractivity contribution in [3.63, 3.8) is 0 Å². The van der Waals surface area contributed by atoms with E-state index >= 15 is 0 Å². The summed E-state index contributed by atoms with van der Waals surface area (Å²) < 4.78 is 6.64. The summed E-state index contributed by atoms with van der Waals surface area (Å²) in [7, 11) is 1.87. The molecule has 1 heterocycles. The Morgan fingerprint density at radius 1 is 1.16 bits per heavy atom. The Bertz CT molecular complexity index is 1270. The second-order valence-electron chi connectivity index (χ2n) is 8.25. The molecule has 1 aliphatic rings. The van der Waals surface area contributed by atoms with Crippen LogP contribution in [0.2, 0.25) is 0 Å². The number of aryl methyl sites for hydroxylation is 1. The average Bonchev–Trinajstić information content (AvgIpc) is 3.43. The van der Waals surface area contributed by atoms with Crippen molar-refractivity contribution in [3.05, 3.63) is 77.5 Å². The van der Waals surface area contributed by atoms with E-state index in [9.17, 15) is 4.79 Å². The molecule has 1 aliphatic carbocycles. The number of carbonyl (C=O) groups is 1. The SMILES string of the molecule is CNc1cc(CCC(=O)O)cc(-c2ccc3[nH]ncc3c2)c1OC1Cc2ccccc2C1. The van der Waals surface area contributed by atoms with Gasteiger partial charge in [-0.15, -0.1) is 0 Å². The second kappa shape index (κ2) is 8.38. The highest BCUT2D eigenvalue weighted by Crippen LogP contribution is 2.41. The molecule has 0 saturated carbocycles. The van der Waals surface area contributed by atoms with Gasteiger partial charge in [0.1, 0.15) is 6.10 Å². The first-order valence-electron chi connectivity index (χ1n) is 10.8. The van der Waals surface area contributed by atoms with E-state index in [-0.39, 0.29) is 12.5 Å². The summed E-state index contributed by atoms with van der Waals surface area (Å²) in [4.78, 5) is 11.2. The highest BCUT2D eigenvalue weighted by molar-refractivity contribution is 5.87. The molecule has 32 heavy (non-hydrogen) atoms. The Morgan fingerprint density at radius 2 is 1.94 bits per heavy atom. The quantitative estimate of drug-likeness (QED) is 0.393. The van der Waals surface area contributed by atoms with Gasteiger partial charge in [0.15, 0.2) is 5.75 Å². The third kappa shape index (κ3) is 3.91. The minimum absolute atomic E-state index is 0.0563. The van der Waals surface area contributed by atoms with E-state index in [4.69, 9.17) is 9.84 Å². The number of H-pyrrole nitrogens is 1. The van der Waals surface area contributed by atoms with Crippen LogP contribution in [0.1, 0.15) is 23.1 Å². The second-order valence-corrected chi connectivity index (χ2v) is 8.25. The first-order valence-corrected chi connectivity index (χ1v) is 10.8. The largest absolute Gasteiger partial charge is 0.487 e. The Labute approximate surface area is 186 Å². The Hall–Kier alpha value is -3.80. The number of anilines is 1. The zero-order valence-corrected chi connectivity index (χ0v) is 17.9. The number of hydrogen-bond donors (Lipinski definition) is 3. The van der Waals surface area contributed by atoms with Gasteiger partial charge in [0.05, 0.1) is 17.4 Å². The third-order valence-corrected chi connectivity index (χ3v) is 6.09. The molecule has 0 aliphatic heterocycles. The molecule has 6 heteroatoms. The van der Waals surface area contributed by atoms with Gasteiger partial charge >= 0.3 is 5.97 Å². The first-order chi connectivity index (χ1) is 15.6. The molecule has 0 spiro atoms.